The molecule has 1 aliphatic rings. The first kappa shape index (κ1) is 12.9. The highest BCUT2D eigenvalue weighted by atomic mass is 32.2. The van der Waals surface area contributed by atoms with Crippen LogP contribution in [0.2, 0.25) is 0 Å². The van der Waals surface area contributed by atoms with Gasteiger partial charge in [0, 0.05) is 16.5 Å². The molecular weight excluding hydrogens is 252 g/mol. The average Bonchev–Trinajstić information content (AvgIpc) is 2.37. The SMILES string of the molecule is C[C@@H](CO)NC(=O)c1ccc2c(c1)NC(=O)CS2. The van der Waals surface area contributed by atoms with E-state index in [0.717, 1.165) is 4.90 Å². The Labute approximate surface area is 109 Å². The van der Waals surface area contributed by atoms with E-state index in [2.05, 4.69) is 10.6 Å². The van der Waals surface area contributed by atoms with Crippen LogP contribution in [0.4, 0.5) is 5.69 Å². The first-order chi connectivity index (χ1) is 8.60. The number of carbonyl (C=O) groups excluding carboxylic acids is 2. The van der Waals surface area contributed by atoms with E-state index in [-0.39, 0.29) is 24.5 Å². The Kier molecular flexibility index (Phi) is 3.88. The van der Waals surface area contributed by atoms with Gasteiger partial charge in [-0.3, -0.25) is 9.59 Å². The molecule has 2 amide bonds. The second-order valence-corrected chi connectivity index (χ2v) is 5.12. The Hall–Kier alpha value is -1.53. The molecule has 0 radical (unpaired) electrons. The molecule has 0 unspecified atom stereocenters. The van der Waals surface area contributed by atoms with Gasteiger partial charge < -0.3 is 15.7 Å². The molecule has 1 atom stereocenters. The third-order valence-electron chi connectivity index (χ3n) is 2.53. The third kappa shape index (κ3) is 2.83. The van der Waals surface area contributed by atoms with Crippen LogP contribution < -0.4 is 10.6 Å². The number of aliphatic hydroxyl groups is 1. The lowest BCUT2D eigenvalue weighted by molar-refractivity contribution is -0.113. The molecule has 1 aromatic carbocycles. The van der Waals surface area contributed by atoms with Crippen LogP contribution in [0.15, 0.2) is 23.1 Å². The number of carbonyl (C=O) groups is 2. The molecule has 1 aliphatic heterocycles. The largest absolute Gasteiger partial charge is 0.394 e. The smallest absolute Gasteiger partial charge is 0.251 e. The number of rotatable bonds is 3. The summed E-state index contributed by atoms with van der Waals surface area (Å²) in [5.41, 5.74) is 1.14. The Bertz CT molecular complexity index is 490. The van der Waals surface area contributed by atoms with Crippen molar-refractivity contribution in [2.75, 3.05) is 17.7 Å². The quantitative estimate of drug-likeness (QED) is 0.757. The molecule has 1 heterocycles. The number of aliphatic hydroxyl groups excluding tert-OH is 1. The van der Waals surface area contributed by atoms with E-state index in [0.29, 0.717) is 17.0 Å². The fraction of sp³-hybridized carbons (Fsp3) is 0.333. The molecule has 0 saturated carbocycles. The van der Waals surface area contributed by atoms with Crippen molar-refractivity contribution in [3.05, 3.63) is 23.8 Å². The highest BCUT2D eigenvalue weighted by Gasteiger charge is 2.17. The van der Waals surface area contributed by atoms with Crippen molar-refractivity contribution in [2.24, 2.45) is 0 Å². The average molecular weight is 266 g/mol. The maximum Gasteiger partial charge on any atom is 0.251 e. The third-order valence-corrected chi connectivity index (χ3v) is 3.60. The number of hydrogen-bond donors (Lipinski definition) is 3. The summed E-state index contributed by atoms with van der Waals surface area (Å²) < 4.78 is 0. The molecule has 1 aromatic rings. The lowest BCUT2D eigenvalue weighted by Crippen LogP contribution is -2.35. The van der Waals surface area contributed by atoms with Crippen molar-refractivity contribution in [1.82, 2.24) is 5.32 Å². The zero-order valence-electron chi connectivity index (χ0n) is 9.90. The van der Waals surface area contributed by atoms with E-state index in [1.54, 1.807) is 19.1 Å². The molecule has 96 valence electrons. The van der Waals surface area contributed by atoms with Crippen molar-refractivity contribution >= 4 is 29.3 Å². The summed E-state index contributed by atoms with van der Waals surface area (Å²) in [4.78, 5) is 24.1. The number of benzene rings is 1. The van der Waals surface area contributed by atoms with Gasteiger partial charge in [-0.25, -0.2) is 0 Å². The Morgan fingerprint density at radius 2 is 2.39 bits per heavy atom. The van der Waals surface area contributed by atoms with Crippen LogP contribution in [0.3, 0.4) is 0 Å². The van der Waals surface area contributed by atoms with Gasteiger partial charge in [0.15, 0.2) is 0 Å². The van der Waals surface area contributed by atoms with Crippen LogP contribution in [-0.2, 0) is 4.79 Å². The van der Waals surface area contributed by atoms with Crippen molar-refractivity contribution in [2.45, 2.75) is 17.9 Å². The molecule has 0 saturated heterocycles. The highest BCUT2D eigenvalue weighted by molar-refractivity contribution is 8.00. The van der Waals surface area contributed by atoms with Gasteiger partial charge in [0.25, 0.3) is 5.91 Å². The zero-order chi connectivity index (χ0) is 13.1. The maximum atomic E-state index is 11.8. The van der Waals surface area contributed by atoms with Crippen LogP contribution in [0.1, 0.15) is 17.3 Å². The van der Waals surface area contributed by atoms with E-state index in [1.165, 1.54) is 11.8 Å². The van der Waals surface area contributed by atoms with Crippen LogP contribution in [0.5, 0.6) is 0 Å². The Balaban J connectivity index is 2.17. The van der Waals surface area contributed by atoms with Crippen molar-refractivity contribution in [3.63, 3.8) is 0 Å². The summed E-state index contributed by atoms with van der Waals surface area (Å²) >= 11 is 1.45. The van der Waals surface area contributed by atoms with Gasteiger partial charge >= 0.3 is 0 Å². The summed E-state index contributed by atoms with van der Waals surface area (Å²) in [5, 5.41) is 14.3. The van der Waals surface area contributed by atoms with Crippen LogP contribution in [-0.4, -0.2) is 35.3 Å². The van der Waals surface area contributed by atoms with E-state index >= 15 is 0 Å². The van der Waals surface area contributed by atoms with Crippen LogP contribution >= 0.6 is 11.8 Å². The first-order valence-electron chi connectivity index (χ1n) is 5.58. The van der Waals surface area contributed by atoms with Gasteiger partial charge in [-0.15, -0.1) is 11.8 Å². The molecule has 2 rings (SSSR count). The molecule has 0 aliphatic carbocycles. The topological polar surface area (TPSA) is 78.4 Å². The summed E-state index contributed by atoms with van der Waals surface area (Å²) in [6.45, 7) is 1.61. The van der Waals surface area contributed by atoms with Crippen molar-refractivity contribution < 1.29 is 14.7 Å². The number of hydrogen-bond acceptors (Lipinski definition) is 4. The molecule has 18 heavy (non-hydrogen) atoms. The minimum atomic E-state index is -0.294. The molecule has 3 N–H and O–H groups in total. The normalized spacial score (nSPS) is 15.6. The van der Waals surface area contributed by atoms with Gasteiger partial charge in [0.05, 0.1) is 18.0 Å². The number of fused-ring (bicyclic) bond motifs is 1. The van der Waals surface area contributed by atoms with E-state index in [9.17, 15) is 9.59 Å². The molecule has 0 fully saturated rings. The van der Waals surface area contributed by atoms with Gasteiger partial charge in [-0.05, 0) is 25.1 Å². The molecule has 0 spiro atoms. The predicted molar refractivity (Wildman–Crippen MR) is 69.8 cm³/mol. The van der Waals surface area contributed by atoms with Gasteiger partial charge in [0.2, 0.25) is 5.91 Å². The number of nitrogens with one attached hydrogen (secondary N) is 2. The molecule has 0 aromatic heterocycles. The van der Waals surface area contributed by atoms with Crippen molar-refractivity contribution in [3.8, 4) is 0 Å². The second-order valence-electron chi connectivity index (χ2n) is 4.10. The first-order valence-corrected chi connectivity index (χ1v) is 6.57. The van der Waals surface area contributed by atoms with Crippen LogP contribution in [0.25, 0.3) is 0 Å². The van der Waals surface area contributed by atoms with Crippen molar-refractivity contribution in [1.29, 1.82) is 0 Å². The van der Waals surface area contributed by atoms with E-state index < -0.39 is 0 Å². The molecule has 0 bridgehead atoms. The summed E-state index contributed by atoms with van der Waals surface area (Å²) in [7, 11) is 0. The van der Waals surface area contributed by atoms with Gasteiger partial charge in [-0.1, -0.05) is 0 Å². The standard InChI is InChI=1S/C12H14N2O3S/c1-7(5-15)13-12(17)8-2-3-10-9(4-8)14-11(16)6-18-10/h2-4,7,15H,5-6H2,1H3,(H,13,17)(H,14,16)/t7-/m0/s1. The monoisotopic (exact) mass is 266 g/mol. The van der Waals surface area contributed by atoms with Crippen LogP contribution in [0, 0.1) is 0 Å². The summed E-state index contributed by atoms with van der Waals surface area (Å²) in [6, 6.07) is 4.89. The number of amides is 2. The molecular formula is C12H14N2O3S. The molecule has 6 heteroatoms. The summed E-state index contributed by atoms with van der Waals surface area (Å²) in [5.74, 6) is 0.0815. The lowest BCUT2D eigenvalue weighted by Gasteiger charge is -2.17. The number of thioether (sulfide) groups is 1. The van der Waals surface area contributed by atoms with E-state index in [4.69, 9.17) is 5.11 Å². The minimum Gasteiger partial charge on any atom is -0.394 e. The zero-order valence-corrected chi connectivity index (χ0v) is 10.7. The fourth-order valence-electron chi connectivity index (χ4n) is 1.58. The fourth-order valence-corrected chi connectivity index (χ4v) is 2.37. The number of anilines is 1. The predicted octanol–water partition coefficient (Wildman–Crippen LogP) is 0.841. The Morgan fingerprint density at radius 1 is 1.61 bits per heavy atom. The maximum absolute atomic E-state index is 11.8. The van der Waals surface area contributed by atoms with Gasteiger partial charge in [-0.2, -0.15) is 0 Å². The second kappa shape index (κ2) is 5.41. The summed E-state index contributed by atoms with van der Waals surface area (Å²) in [6.07, 6.45) is 0. The van der Waals surface area contributed by atoms with E-state index in [1.807, 2.05) is 6.07 Å². The highest BCUT2D eigenvalue weighted by Crippen LogP contribution is 2.31. The molecule has 5 nitrogen and oxygen atoms in total. The minimum absolute atomic E-state index is 0.0613. The lowest BCUT2D eigenvalue weighted by atomic mass is 10.1. The van der Waals surface area contributed by atoms with Gasteiger partial charge in [0.1, 0.15) is 0 Å². The Morgan fingerprint density at radius 3 is 3.11 bits per heavy atom.